The third-order valence-electron chi connectivity index (χ3n) is 2.19. The number of ether oxygens (including phenoxy) is 1. The van der Waals surface area contributed by atoms with Gasteiger partial charge in [-0.25, -0.2) is 0 Å². The fraction of sp³-hybridized carbons (Fsp3) is 0.385. The zero-order valence-electron chi connectivity index (χ0n) is 9.49. The number of hydrogen-bond acceptors (Lipinski definition) is 2. The van der Waals surface area contributed by atoms with Crippen molar-refractivity contribution < 1.29 is 4.74 Å². The monoisotopic (exact) mass is 205 g/mol. The second-order valence-corrected chi connectivity index (χ2v) is 3.74. The van der Waals surface area contributed by atoms with Crippen LogP contribution in [0.3, 0.4) is 0 Å². The maximum atomic E-state index is 6.09. The van der Waals surface area contributed by atoms with Gasteiger partial charge < -0.3 is 10.5 Å². The summed E-state index contributed by atoms with van der Waals surface area (Å²) in [5, 5.41) is 0. The molecule has 2 N–H and O–H groups in total. The third-order valence-corrected chi connectivity index (χ3v) is 2.19. The standard InChI is InChI=1S/C13H19NO/c1-4-15-13-8-6-5-7-11(13)12(14)9-10(2)3/h5-8,12H,2,4,9,14H2,1,3H3/t12-/m0/s1. The Morgan fingerprint density at radius 3 is 2.73 bits per heavy atom. The van der Waals surface area contributed by atoms with Crippen molar-refractivity contribution in [3.8, 4) is 5.75 Å². The Bertz CT molecular complexity index is 333. The van der Waals surface area contributed by atoms with Crippen molar-refractivity contribution in [3.63, 3.8) is 0 Å². The zero-order chi connectivity index (χ0) is 11.3. The number of benzene rings is 1. The molecule has 0 spiro atoms. The highest BCUT2D eigenvalue weighted by Gasteiger charge is 2.11. The van der Waals surface area contributed by atoms with Crippen LogP contribution < -0.4 is 10.5 Å². The lowest BCUT2D eigenvalue weighted by molar-refractivity contribution is 0.334. The van der Waals surface area contributed by atoms with Crippen molar-refractivity contribution in [2.24, 2.45) is 5.73 Å². The lowest BCUT2D eigenvalue weighted by Gasteiger charge is -2.16. The summed E-state index contributed by atoms with van der Waals surface area (Å²) in [6.45, 7) is 8.50. The van der Waals surface area contributed by atoms with E-state index in [-0.39, 0.29) is 6.04 Å². The molecule has 0 aliphatic rings. The Labute approximate surface area is 91.7 Å². The molecule has 1 aromatic rings. The Morgan fingerprint density at radius 2 is 2.13 bits per heavy atom. The van der Waals surface area contributed by atoms with E-state index in [1.807, 2.05) is 38.1 Å². The van der Waals surface area contributed by atoms with Crippen molar-refractivity contribution in [1.29, 1.82) is 0 Å². The fourth-order valence-corrected chi connectivity index (χ4v) is 1.56. The van der Waals surface area contributed by atoms with Gasteiger partial charge in [0, 0.05) is 11.6 Å². The average Bonchev–Trinajstić information content (AvgIpc) is 2.18. The molecule has 0 saturated heterocycles. The van der Waals surface area contributed by atoms with Crippen molar-refractivity contribution in [2.75, 3.05) is 6.61 Å². The third kappa shape index (κ3) is 3.40. The summed E-state index contributed by atoms with van der Waals surface area (Å²) >= 11 is 0. The molecule has 0 aromatic heterocycles. The minimum absolute atomic E-state index is 0.0229. The molecule has 0 aliphatic heterocycles. The zero-order valence-corrected chi connectivity index (χ0v) is 9.49. The topological polar surface area (TPSA) is 35.2 Å². The van der Waals surface area contributed by atoms with Crippen LogP contribution in [0.25, 0.3) is 0 Å². The van der Waals surface area contributed by atoms with Crippen LogP contribution in [-0.4, -0.2) is 6.61 Å². The summed E-state index contributed by atoms with van der Waals surface area (Å²) in [5.74, 6) is 0.883. The van der Waals surface area contributed by atoms with Crippen LogP contribution in [-0.2, 0) is 0 Å². The maximum absolute atomic E-state index is 6.09. The van der Waals surface area contributed by atoms with Crippen LogP contribution in [0.1, 0.15) is 31.9 Å². The highest BCUT2D eigenvalue weighted by Crippen LogP contribution is 2.26. The van der Waals surface area contributed by atoms with Crippen LogP contribution >= 0.6 is 0 Å². The molecule has 2 heteroatoms. The first-order valence-electron chi connectivity index (χ1n) is 5.26. The van der Waals surface area contributed by atoms with Gasteiger partial charge in [0.2, 0.25) is 0 Å². The van der Waals surface area contributed by atoms with Gasteiger partial charge in [0.15, 0.2) is 0 Å². The van der Waals surface area contributed by atoms with Crippen molar-refractivity contribution in [3.05, 3.63) is 42.0 Å². The van der Waals surface area contributed by atoms with Gasteiger partial charge in [-0.1, -0.05) is 23.8 Å². The maximum Gasteiger partial charge on any atom is 0.124 e. The highest BCUT2D eigenvalue weighted by molar-refractivity contribution is 5.36. The predicted octanol–water partition coefficient (Wildman–Crippen LogP) is 3.05. The molecule has 1 rings (SSSR count). The first-order chi connectivity index (χ1) is 7.15. The van der Waals surface area contributed by atoms with E-state index in [4.69, 9.17) is 10.5 Å². The molecule has 1 atom stereocenters. The molecule has 0 saturated carbocycles. The summed E-state index contributed by atoms with van der Waals surface area (Å²) in [6.07, 6.45) is 0.796. The first kappa shape index (κ1) is 11.8. The second-order valence-electron chi connectivity index (χ2n) is 3.74. The van der Waals surface area contributed by atoms with Gasteiger partial charge in [-0.15, -0.1) is 6.58 Å². The number of hydrogen-bond donors (Lipinski definition) is 1. The summed E-state index contributed by atoms with van der Waals surface area (Å²) in [4.78, 5) is 0. The van der Waals surface area contributed by atoms with E-state index in [2.05, 4.69) is 6.58 Å². The van der Waals surface area contributed by atoms with Crippen LogP contribution in [0.15, 0.2) is 36.4 Å². The minimum atomic E-state index is -0.0229. The predicted molar refractivity (Wildman–Crippen MR) is 64.0 cm³/mol. The van der Waals surface area contributed by atoms with Crippen LogP contribution in [0.5, 0.6) is 5.75 Å². The number of para-hydroxylation sites is 1. The van der Waals surface area contributed by atoms with Gasteiger partial charge in [-0.05, 0) is 26.3 Å². The largest absolute Gasteiger partial charge is 0.494 e. The van der Waals surface area contributed by atoms with E-state index in [1.165, 1.54) is 0 Å². The van der Waals surface area contributed by atoms with E-state index in [9.17, 15) is 0 Å². The van der Waals surface area contributed by atoms with E-state index < -0.39 is 0 Å². The van der Waals surface area contributed by atoms with E-state index in [1.54, 1.807) is 0 Å². The molecule has 0 amide bonds. The fourth-order valence-electron chi connectivity index (χ4n) is 1.56. The summed E-state index contributed by atoms with van der Waals surface area (Å²) in [5.41, 5.74) is 8.24. The van der Waals surface area contributed by atoms with Crippen LogP contribution in [0, 0.1) is 0 Å². The summed E-state index contributed by atoms with van der Waals surface area (Å²) < 4.78 is 5.53. The molecular weight excluding hydrogens is 186 g/mol. The molecule has 0 fully saturated rings. The number of nitrogens with two attached hydrogens (primary N) is 1. The van der Waals surface area contributed by atoms with Gasteiger partial charge in [0.25, 0.3) is 0 Å². The van der Waals surface area contributed by atoms with Crippen LogP contribution in [0.4, 0.5) is 0 Å². The van der Waals surface area contributed by atoms with Gasteiger partial charge in [-0.2, -0.15) is 0 Å². The summed E-state index contributed by atoms with van der Waals surface area (Å²) in [7, 11) is 0. The molecule has 0 heterocycles. The molecule has 0 unspecified atom stereocenters. The normalized spacial score (nSPS) is 12.2. The lowest BCUT2D eigenvalue weighted by Crippen LogP contribution is -2.12. The Morgan fingerprint density at radius 1 is 1.47 bits per heavy atom. The molecule has 0 radical (unpaired) electrons. The molecule has 15 heavy (non-hydrogen) atoms. The molecule has 2 nitrogen and oxygen atoms in total. The Hall–Kier alpha value is -1.28. The lowest BCUT2D eigenvalue weighted by atomic mass is 10.0. The van der Waals surface area contributed by atoms with Crippen molar-refractivity contribution >= 4 is 0 Å². The van der Waals surface area contributed by atoms with Crippen LogP contribution in [0.2, 0.25) is 0 Å². The molecule has 1 aromatic carbocycles. The average molecular weight is 205 g/mol. The highest BCUT2D eigenvalue weighted by atomic mass is 16.5. The van der Waals surface area contributed by atoms with E-state index in [0.717, 1.165) is 23.3 Å². The molecular formula is C13H19NO. The van der Waals surface area contributed by atoms with Gasteiger partial charge in [-0.3, -0.25) is 0 Å². The quantitative estimate of drug-likeness (QED) is 0.750. The smallest absolute Gasteiger partial charge is 0.124 e. The van der Waals surface area contributed by atoms with Gasteiger partial charge >= 0.3 is 0 Å². The summed E-state index contributed by atoms with van der Waals surface area (Å²) in [6, 6.07) is 7.89. The molecule has 0 aliphatic carbocycles. The first-order valence-corrected chi connectivity index (χ1v) is 5.26. The van der Waals surface area contributed by atoms with Gasteiger partial charge in [0.05, 0.1) is 6.61 Å². The molecule has 0 bridgehead atoms. The van der Waals surface area contributed by atoms with Gasteiger partial charge in [0.1, 0.15) is 5.75 Å². The van der Waals surface area contributed by atoms with Crippen molar-refractivity contribution in [2.45, 2.75) is 26.3 Å². The Kier molecular flexibility index (Phi) is 4.37. The SMILES string of the molecule is C=C(C)C[C@H](N)c1ccccc1OCC. The van der Waals surface area contributed by atoms with E-state index in [0.29, 0.717) is 6.61 Å². The Balaban J connectivity index is 2.86. The van der Waals surface area contributed by atoms with Crippen molar-refractivity contribution in [1.82, 2.24) is 0 Å². The second kappa shape index (κ2) is 5.56. The molecule has 82 valence electrons. The minimum Gasteiger partial charge on any atom is -0.494 e. The number of rotatable bonds is 5. The van der Waals surface area contributed by atoms with E-state index >= 15 is 0 Å².